The molecule has 0 unspecified atom stereocenters. The van der Waals surface area contributed by atoms with E-state index in [2.05, 4.69) is 34.3 Å². The summed E-state index contributed by atoms with van der Waals surface area (Å²) in [6, 6.07) is 0. The molecule has 0 aromatic carbocycles. The van der Waals surface area contributed by atoms with Crippen molar-refractivity contribution in [2.45, 2.75) is 111 Å². The molecular formula is C25H44O4. The Morgan fingerprint density at radius 1 is 1.24 bits per heavy atom. The normalized spacial score (nSPS) is 31.9. The van der Waals surface area contributed by atoms with Crippen LogP contribution >= 0.6 is 0 Å². The van der Waals surface area contributed by atoms with Gasteiger partial charge in [-0.05, 0) is 76.0 Å². The van der Waals surface area contributed by atoms with E-state index in [4.69, 9.17) is 14.5 Å². The molecule has 0 aromatic heterocycles. The van der Waals surface area contributed by atoms with Crippen molar-refractivity contribution in [3.8, 4) is 0 Å². The number of ether oxygens (including phenoxy) is 1. The first-order chi connectivity index (χ1) is 13.6. The first-order valence-corrected chi connectivity index (χ1v) is 11.7. The average Bonchev–Trinajstić information content (AvgIpc) is 2.66. The molecule has 5 atom stereocenters. The predicted molar refractivity (Wildman–Crippen MR) is 117 cm³/mol. The van der Waals surface area contributed by atoms with Gasteiger partial charge in [0.2, 0.25) is 0 Å². The SMILES string of the molecule is C=C1CCCC(C)(C)[C@@H]1CC[C@@H](C)CCC[C@@]1(C)CC[C@H]([C@H](C)C(=O)OC)OO1. The fourth-order valence-electron chi connectivity index (χ4n) is 5.24. The summed E-state index contributed by atoms with van der Waals surface area (Å²) in [6.45, 7) is 15.6. The molecular weight excluding hydrogens is 364 g/mol. The summed E-state index contributed by atoms with van der Waals surface area (Å²) >= 11 is 0. The molecule has 4 heteroatoms. The maximum absolute atomic E-state index is 11.7. The van der Waals surface area contributed by atoms with Crippen LogP contribution in [0.4, 0.5) is 0 Å². The lowest BCUT2D eigenvalue weighted by molar-refractivity contribution is -0.411. The molecule has 1 saturated carbocycles. The highest BCUT2D eigenvalue weighted by Crippen LogP contribution is 2.46. The topological polar surface area (TPSA) is 44.8 Å². The Bertz CT molecular complexity index is 545. The first kappa shape index (κ1) is 24.4. The summed E-state index contributed by atoms with van der Waals surface area (Å²) in [5, 5.41) is 0. The molecule has 2 aliphatic rings. The van der Waals surface area contributed by atoms with Gasteiger partial charge < -0.3 is 4.74 Å². The van der Waals surface area contributed by atoms with E-state index in [-0.39, 0.29) is 23.6 Å². The van der Waals surface area contributed by atoms with Gasteiger partial charge in [-0.15, -0.1) is 0 Å². The largest absolute Gasteiger partial charge is 0.469 e. The molecule has 1 aliphatic heterocycles. The third-order valence-electron chi connectivity index (χ3n) is 7.57. The van der Waals surface area contributed by atoms with Gasteiger partial charge in [-0.25, -0.2) is 9.78 Å². The Morgan fingerprint density at radius 3 is 2.55 bits per heavy atom. The highest BCUT2D eigenvalue weighted by molar-refractivity contribution is 5.72. The number of rotatable bonds is 9. The Labute approximate surface area is 178 Å². The number of hydrogen-bond acceptors (Lipinski definition) is 4. The number of methoxy groups -OCH3 is 1. The van der Waals surface area contributed by atoms with Crippen LogP contribution < -0.4 is 0 Å². The fourth-order valence-corrected chi connectivity index (χ4v) is 5.24. The summed E-state index contributed by atoms with van der Waals surface area (Å²) in [5.41, 5.74) is 1.64. The third kappa shape index (κ3) is 6.82. The van der Waals surface area contributed by atoms with Crippen molar-refractivity contribution in [1.29, 1.82) is 0 Å². The molecule has 0 spiro atoms. The second-order valence-corrected chi connectivity index (χ2v) is 10.6. The maximum Gasteiger partial charge on any atom is 0.311 e. The Balaban J connectivity index is 1.69. The highest BCUT2D eigenvalue weighted by atomic mass is 17.2. The van der Waals surface area contributed by atoms with Crippen molar-refractivity contribution in [2.24, 2.45) is 23.2 Å². The van der Waals surface area contributed by atoms with E-state index in [1.807, 2.05) is 6.92 Å². The molecule has 0 radical (unpaired) electrons. The van der Waals surface area contributed by atoms with Crippen molar-refractivity contribution < 1.29 is 19.3 Å². The molecule has 0 aromatic rings. The van der Waals surface area contributed by atoms with E-state index in [0.29, 0.717) is 11.3 Å². The van der Waals surface area contributed by atoms with Crippen LogP contribution in [0.1, 0.15) is 98.8 Å². The van der Waals surface area contributed by atoms with E-state index in [1.54, 1.807) is 0 Å². The minimum atomic E-state index is -0.289. The van der Waals surface area contributed by atoms with Crippen LogP contribution in [0.25, 0.3) is 0 Å². The zero-order chi connectivity index (χ0) is 21.7. The van der Waals surface area contributed by atoms with E-state index < -0.39 is 0 Å². The van der Waals surface area contributed by atoms with Gasteiger partial charge in [-0.3, -0.25) is 4.79 Å². The number of carbonyl (C=O) groups is 1. The van der Waals surface area contributed by atoms with Gasteiger partial charge in [-0.1, -0.05) is 52.2 Å². The van der Waals surface area contributed by atoms with Crippen molar-refractivity contribution in [3.05, 3.63) is 12.2 Å². The van der Waals surface area contributed by atoms with Crippen molar-refractivity contribution in [3.63, 3.8) is 0 Å². The zero-order valence-corrected chi connectivity index (χ0v) is 19.7. The molecule has 0 bridgehead atoms. The summed E-state index contributed by atoms with van der Waals surface area (Å²) in [7, 11) is 1.42. The van der Waals surface area contributed by atoms with Gasteiger partial charge >= 0.3 is 5.97 Å². The van der Waals surface area contributed by atoms with Crippen molar-refractivity contribution in [1.82, 2.24) is 0 Å². The van der Waals surface area contributed by atoms with Gasteiger partial charge in [0.1, 0.15) is 11.7 Å². The smallest absolute Gasteiger partial charge is 0.311 e. The number of hydrogen-bond donors (Lipinski definition) is 0. The molecule has 2 rings (SSSR count). The molecule has 168 valence electrons. The first-order valence-electron chi connectivity index (χ1n) is 11.7. The Hall–Kier alpha value is -0.870. The predicted octanol–water partition coefficient (Wildman–Crippen LogP) is 6.63. The van der Waals surface area contributed by atoms with Crippen LogP contribution in [0.5, 0.6) is 0 Å². The molecule has 1 saturated heterocycles. The second-order valence-electron chi connectivity index (χ2n) is 10.6. The van der Waals surface area contributed by atoms with Crippen molar-refractivity contribution >= 4 is 5.97 Å². The molecule has 29 heavy (non-hydrogen) atoms. The maximum atomic E-state index is 11.7. The lowest BCUT2D eigenvalue weighted by Gasteiger charge is -2.41. The second kappa shape index (κ2) is 10.4. The summed E-state index contributed by atoms with van der Waals surface area (Å²) < 4.78 is 4.81. The Morgan fingerprint density at radius 2 is 1.97 bits per heavy atom. The summed E-state index contributed by atoms with van der Waals surface area (Å²) in [5.74, 6) is 0.879. The minimum absolute atomic E-state index is 0.207. The van der Waals surface area contributed by atoms with Crippen LogP contribution in [-0.4, -0.2) is 24.8 Å². The van der Waals surface area contributed by atoms with Crippen molar-refractivity contribution in [2.75, 3.05) is 7.11 Å². The molecule has 0 amide bonds. The van der Waals surface area contributed by atoms with Gasteiger partial charge in [0.15, 0.2) is 0 Å². The zero-order valence-electron chi connectivity index (χ0n) is 19.7. The van der Waals surface area contributed by atoms with E-state index in [9.17, 15) is 4.79 Å². The molecule has 1 aliphatic carbocycles. The van der Waals surface area contributed by atoms with Crippen LogP contribution in [0.15, 0.2) is 12.2 Å². The highest BCUT2D eigenvalue weighted by Gasteiger charge is 2.38. The van der Waals surface area contributed by atoms with Gasteiger partial charge in [0.25, 0.3) is 0 Å². The lowest BCUT2D eigenvalue weighted by Crippen LogP contribution is -2.41. The van der Waals surface area contributed by atoms with E-state index in [0.717, 1.165) is 31.6 Å². The number of allylic oxidation sites excluding steroid dienone is 1. The molecule has 4 nitrogen and oxygen atoms in total. The van der Waals surface area contributed by atoms with Gasteiger partial charge in [0, 0.05) is 0 Å². The van der Waals surface area contributed by atoms with E-state index in [1.165, 1.54) is 51.2 Å². The van der Waals surface area contributed by atoms with Gasteiger partial charge in [0.05, 0.1) is 13.0 Å². The van der Waals surface area contributed by atoms with E-state index >= 15 is 0 Å². The Kier molecular flexibility index (Phi) is 8.78. The third-order valence-corrected chi connectivity index (χ3v) is 7.57. The quantitative estimate of drug-likeness (QED) is 0.244. The average molecular weight is 409 g/mol. The lowest BCUT2D eigenvalue weighted by atomic mass is 9.65. The minimum Gasteiger partial charge on any atom is -0.469 e. The molecule has 2 fully saturated rings. The summed E-state index contributed by atoms with van der Waals surface area (Å²) in [6.07, 6.45) is 11.3. The van der Waals surface area contributed by atoms with Crippen LogP contribution in [-0.2, 0) is 19.3 Å². The number of esters is 1. The summed E-state index contributed by atoms with van der Waals surface area (Å²) in [4.78, 5) is 23.0. The van der Waals surface area contributed by atoms with Crippen LogP contribution in [0.3, 0.4) is 0 Å². The van der Waals surface area contributed by atoms with Gasteiger partial charge in [-0.2, -0.15) is 0 Å². The fraction of sp³-hybridized carbons (Fsp3) is 0.880. The molecule has 1 heterocycles. The monoisotopic (exact) mass is 408 g/mol. The molecule has 0 N–H and O–H groups in total. The van der Waals surface area contributed by atoms with Crippen LogP contribution in [0.2, 0.25) is 0 Å². The standard InChI is InChI=1S/C25H44O4/c1-18(12-13-21-19(2)11-9-15-24(21,4)5)10-8-16-25(6)17-14-22(28-29-25)20(3)23(26)27-7/h18,20-22H,2,8-17H2,1,3-7H3/t18-,20-,21+,22+,25-/m0/s1. The number of carbonyl (C=O) groups excluding carboxylic acids is 1. The van der Waals surface area contributed by atoms with Crippen LogP contribution in [0, 0.1) is 23.2 Å².